The maximum Gasteiger partial charge on any atom is 0.348 e. The number of aliphatic imine (C=N–C) groups is 1. The Kier molecular flexibility index (Phi) is 3.26. The summed E-state index contributed by atoms with van der Waals surface area (Å²) in [6.45, 7) is 1.61. The van der Waals surface area contributed by atoms with Gasteiger partial charge in [-0.3, -0.25) is 0 Å². The van der Waals surface area contributed by atoms with Crippen molar-refractivity contribution in [3.05, 3.63) is 70.0 Å². The molecule has 0 saturated carbocycles. The number of fused-ring (bicyclic) bond motifs is 1. The van der Waals surface area contributed by atoms with E-state index in [2.05, 4.69) is 15.1 Å². The topological polar surface area (TPSA) is 93.5 Å². The number of aromatic nitrogens is 3. The van der Waals surface area contributed by atoms with E-state index < -0.39 is 5.63 Å². The third-order valence-electron chi connectivity index (χ3n) is 4.00. The second-order valence-corrected chi connectivity index (χ2v) is 5.60. The highest BCUT2D eigenvalue weighted by atomic mass is 16.4. The van der Waals surface area contributed by atoms with Crippen molar-refractivity contribution in [2.45, 2.75) is 19.4 Å². The summed E-state index contributed by atoms with van der Waals surface area (Å²) in [6.07, 6.45) is 1.83. The van der Waals surface area contributed by atoms with Crippen molar-refractivity contribution in [1.29, 1.82) is 0 Å². The van der Waals surface area contributed by atoms with Crippen molar-refractivity contribution in [1.82, 2.24) is 14.8 Å². The van der Waals surface area contributed by atoms with Crippen LogP contribution in [0.2, 0.25) is 0 Å². The molecular formula is C17H14N4O3. The van der Waals surface area contributed by atoms with E-state index in [0.29, 0.717) is 23.8 Å². The van der Waals surface area contributed by atoms with Gasteiger partial charge in [0, 0.05) is 12.5 Å². The zero-order valence-electron chi connectivity index (χ0n) is 12.9. The van der Waals surface area contributed by atoms with Gasteiger partial charge in [0.2, 0.25) is 5.95 Å². The molecular weight excluding hydrogens is 308 g/mol. The lowest BCUT2D eigenvalue weighted by Gasteiger charge is -2.23. The smallest absolute Gasteiger partial charge is 0.348 e. The summed E-state index contributed by atoms with van der Waals surface area (Å²) in [5, 5.41) is 14.4. The van der Waals surface area contributed by atoms with E-state index in [1.807, 2.05) is 30.3 Å². The Labute approximate surface area is 136 Å². The summed E-state index contributed by atoms with van der Waals surface area (Å²) in [5.74, 6) is 0.604. The quantitative estimate of drug-likeness (QED) is 0.781. The Bertz CT molecular complexity index is 989. The van der Waals surface area contributed by atoms with Crippen LogP contribution in [-0.2, 0) is 0 Å². The summed E-state index contributed by atoms with van der Waals surface area (Å²) < 4.78 is 6.83. The standard InChI is InChI=1S/C17H14N4O3/c1-10-7-14(22)15(16(23)24-10)12-8-13(11-5-3-2-4-6-11)21-17(20-12)18-9-19-21/h2-7,9,13,22H,8H2,1H3/t13-/m1/s1. The Morgan fingerprint density at radius 2 is 2.08 bits per heavy atom. The third kappa shape index (κ3) is 2.30. The average molecular weight is 322 g/mol. The maximum absolute atomic E-state index is 12.2. The van der Waals surface area contributed by atoms with Gasteiger partial charge < -0.3 is 9.52 Å². The molecule has 0 saturated heterocycles. The maximum atomic E-state index is 12.2. The highest BCUT2D eigenvalue weighted by molar-refractivity contribution is 6.04. The Morgan fingerprint density at radius 1 is 1.29 bits per heavy atom. The molecule has 0 unspecified atom stereocenters. The van der Waals surface area contributed by atoms with Crippen molar-refractivity contribution in [3.63, 3.8) is 0 Å². The van der Waals surface area contributed by atoms with Crippen molar-refractivity contribution in [2.75, 3.05) is 0 Å². The molecule has 1 aromatic carbocycles. The van der Waals surface area contributed by atoms with Crippen LogP contribution in [0.25, 0.3) is 0 Å². The molecule has 0 amide bonds. The molecule has 0 bridgehead atoms. The van der Waals surface area contributed by atoms with Gasteiger partial charge in [0.1, 0.15) is 23.4 Å². The highest BCUT2D eigenvalue weighted by Crippen LogP contribution is 2.33. The molecule has 3 aromatic rings. The van der Waals surface area contributed by atoms with Gasteiger partial charge in [-0.05, 0) is 12.5 Å². The Balaban J connectivity index is 1.87. The van der Waals surface area contributed by atoms with E-state index in [-0.39, 0.29) is 17.4 Å². The van der Waals surface area contributed by atoms with Crippen LogP contribution in [0.5, 0.6) is 5.75 Å². The molecule has 7 heteroatoms. The van der Waals surface area contributed by atoms with E-state index in [0.717, 1.165) is 5.56 Å². The second kappa shape index (κ2) is 5.45. The van der Waals surface area contributed by atoms with Gasteiger partial charge in [-0.25, -0.2) is 14.5 Å². The van der Waals surface area contributed by atoms with Gasteiger partial charge in [-0.1, -0.05) is 30.3 Å². The number of aryl methyl sites for hydroxylation is 1. The number of nitrogens with zero attached hydrogens (tertiary/aromatic N) is 4. The van der Waals surface area contributed by atoms with E-state index in [9.17, 15) is 9.90 Å². The van der Waals surface area contributed by atoms with Crippen LogP contribution >= 0.6 is 0 Å². The van der Waals surface area contributed by atoms with E-state index >= 15 is 0 Å². The fraction of sp³-hybridized carbons (Fsp3) is 0.176. The normalized spacial score (nSPS) is 16.5. The van der Waals surface area contributed by atoms with Gasteiger partial charge >= 0.3 is 5.63 Å². The SMILES string of the molecule is Cc1cc(O)c(C2=Nc3ncnn3[C@@H](c3ccccc3)C2)c(=O)o1. The predicted molar refractivity (Wildman–Crippen MR) is 86.8 cm³/mol. The fourth-order valence-corrected chi connectivity index (χ4v) is 2.93. The van der Waals surface area contributed by atoms with Crippen LogP contribution < -0.4 is 5.63 Å². The Hall–Kier alpha value is -3.22. The van der Waals surface area contributed by atoms with E-state index in [4.69, 9.17) is 4.42 Å². The van der Waals surface area contributed by atoms with Gasteiger partial charge in [-0.2, -0.15) is 10.1 Å². The lowest BCUT2D eigenvalue weighted by Crippen LogP contribution is -2.25. The van der Waals surface area contributed by atoms with Crippen LogP contribution in [0.3, 0.4) is 0 Å². The number of hydrogen-bond acceptors (Lipinski definition) is 6. The zero-order chi connectivity index (χ0) is 16.7. The first-order valence-corrected chi connectivity index (χ1v) is 7.49. The van der Waals surface area contributed by atoms with E-state index in [1.54, 1.807) is 11.6 Å². The van der Waals surface area contributed by atoms with Crippen LogP contribution in [-0.4, -0.2) is 25.6 Å². The number of rotatable bonds is 2. The second-order valence-electron chi connectivity index (χ2n) is 5.60. The van der Waals surface area contributed by atoms with Gasteiger partial charge in [-0.15, -0.1) is 0 Å². The molecule has 1 atom stereocenters. The predicted octanol–water partition coefficient (Wildman–Crippen LogP) is 2.36. The Morgan fingerprint density at radius 3 is 2.83 bits per heavy atom. The molecule has 24 heavy (non-hydrogen) atoms. The number of hydrogen-bond donors (Lipinski definition) is 1. The summed E-state index contributed by atoms with van der Waals surface area (Å²) in [7, 11) is 0. The van der Waals surface area contributed by atoms with Gasteiger partial charge in [0.05, 0.1) is 11.8 Å². The number of aromatic hydroxyl groups is 1. The lowest BCUT2D eigenvalue weighted by molar-refractivity contribution is 0.431. The lowest BCUT2D eigenvalue weighted by atomic mass is 9.96. The summed E-state index contributed by atoms with van der Waals surface area (Å²) in [5.41, 5.74) is 0.935. The largest absolute Gasteiger partial charge is 0.507 e. The summed E-state index contributed by atoms with van der Waals surface area (Å²) in [4.78, 5) is 20.7. The zero-order valence-corrected chi connectivity index (χ0v) is 12.9. The molecule has 0 spiro atoms. The van der Waals surface area contributed by atoms with Gasteiger partial charge in [0.25, 0.3) is 0 Å². The van der Waals surface area contributed by atoms with Crippen molar-refractivity contribution < 1.29 is 9.52 Å². The minimum atomic E-state index is -0.606. The van der Waals surface area contributed by atoms with Crippen LogP contribution in [0.4, 0.5) is 5.95 Å². The van der Waals surface area contributed by atoms with Gasteiger partial charge in [0.15, 0.2) is 0 Å². The molecule has 7 nitrogen and oxygen atoms in total. The molecule has 2 aromatic heterocycles. The molecule has 1 aliphatic rings. The monoisotopic (exact) mass is 322 g/mol. The van der Waals surface area contributed by atoms with Crippen molar-refractivity contribution in [2.24, 2.45) is 4.99 Å². The van der Waals surface area contributed by atoms with E-state index in [1.165, 1.54) is 12.4 Å². The highest BCUT2D eigenvalue weighted by Gasteiger charge is 2.29. The first-order valence-electron chi connectivity index (χ1n) is 7.49. The first-order chi connectivity index (χ1) is 11.6. The number of benzene rings is 1. The van der Waals surface area contributed by atoms with Crippen LogP contribution in [0, 0.1) is 6.92 Å². The van der Waals surface area contributed by atoms with Crippen LogP contribution in [0.15, 0.2) is 56.9 Å². The molecule has 120 valence electrons. The average Bonchev–Trinajstić information content (AvgIpc) is 3.02. The summed E-state index contributed by atoms with van der Waals surface area (Å²) >= 11 is 0. The minimum Gasteiger partial charge on any atom is -0.507 e. The fourth-order valence-electron chi connectivity index (χ4n) is 2.93. The summed E-state index contributed by atoms with van der Waals surface area (Å²) in [6, 6.07) is 11.0. The molecule has 1 aliphatic heterocycles. The molecule has 0 radical (unpaired) electrons. The van der Waals surface area contributed by atoms with Crippen molar-refractivity contribution >= 4 is 11.7 Å². The molecule has 4 rings (SSSR count). The molecule has 0 aliphatic carbocycles. The minimum absolute atomic E-state index is 0.0794. The molecule has 1 N–H and O–H groups in total. The van der Waals surface area contributed by atoms with Crippen molar-refractivity contribution in [3.8, 4) is 5.75 Å². The molecule has 3 heterocycles. The van der Waals surface area contributed by atoms with Crippen LogP contribution in [0.1, 0.15) is 29.3 Å². The first kappa shape index (κ1) is 14.4. The molecule has 0 fully saturated rings. The third-order valence-corrected chi connectivity index (χ3v) is 4.00.